The molecule has 2 heterocycles. The smallest absolute Gasteiger partial charge is 0.480 e. The zero-order valence-corrected chi connectivity index (χ0v) is 19.1. The van der Waals surface area contributed by atoms with Crippen LogP contribution < -0.4 is 21.9 Å². The molecule has 1 atom stereocenters. The SMILES string of the molecule is Nc1nc(=O)c2nc(CNc3ccc(C(=O)N[C@@H](CCC(=O)OP(=O)(O)O)C(=O)O)cc3)cnc2[nH]1. The van der Waals surface area contributed by atoms with Crippen LogP contribution in [0.2, 0.25) is 0 Å². The van der Waals surface area contributed by atoms with Gasteiger partial charge in [-0.3, -0.25) is 24.2 Å². The monoisotopic (exact) mass is 521 g/mol. The highest BCUT2D eigenvalue weighted by molar-refractivity contribution is 7.46. The number of aromatic nitrogens is 4. The number of carboxylic acid groups (broad SMARTS) is 1. The summed E-state index contributed by atoms with van der Waals surface area (Å²) in [7, 11) is -5.05. The Hall–Kier alpha value is -4.40. The van der Waals surface area contributed by atoms with E-state index in [9.17, 15) is 28.8 Å². The van der Waals surface area contributed by atoms with E-state index in [4.69, 9.17) is 15.5 Å². The molecule has 3 rings (SSSR count). The van der Waals surface area contributed by atoms with Gasteiger partial charge in [0.1, 0.15) is 6.04 Å². The zero-order valence-electron chi connectivity index (χ0n) is 18.2. The Bertz CT molecular complexity index is 1400. The van der Waals surface area contributed by atoms with Crippen molar-refractivity contribution < 1.29 is 38.4 Å². The molecule has 17 heteroatoms. The van der Waals surface area contributed by atoms with Gasteiger partial charge in [0.15, 0.2) is 11.2 Å². The number of phosphoric acid groups is 1. The van der Waals surface area contributed by atoms with E-state index in [0.717, 1.165) is 0 Å². The molecule has 36 heavy (non-hydrogen) atoms. The first kappa shape index (κ1) is 26.2. The van der Waals surface area contributed by atoms with Crippen LogP contribution in [-0.4, -0.2) is 58.7 Å². The molecule has 0 aliphatic carbocycles. The van der Waals surface area contributed by atoms with E-state index in [1.54, 1.807) is 12.1 Å². The second kappa shape index (κ2) is 10.9. The van der Waals surface area contributed by atoms with Crippen LogP contribution in [0, 0.1) is 0 Å². The number of aliphatic carboxylic acids is 1. The summed E-state index contributed by atoms with van der Waals surface area (Å²) in [4.78, 5) is 78.8. The third kappa shape index (κ3) is 7.30. The van der Waals surface area contributed by atoms with Crippen molar-refractivity contribution in [1.82, 2.24) is 25.3 Å². The lowest BCUT2D eigenvalue weighted by molar-refractivity contribution is -0.140. The maximum atomic E-state index is 12.4. The molecule has 1 amide bonds. The van der Waals surface area contributed by atoms with Gasteiger partial charge in [-0.25, -0.2) is 19.3 Å². The number of aromatic amines is 1. The standard InChI is InChI=1S/C19H20N7O9P/c20-19-25-15-14(17(29)26-19)23-11(8-22-15)7-21-10-3-1-9(2-4-10)16(28)24-12(18(30)31)5-6-13(27)35-36(32,33)34/h1-4,8,12,21H,5-7H2,(H,24,28)(H,30,31)(H2,32,33,34)(H3,20,22,25,26,29)/t12-/m0/s1. The van der Waals surface area contributed by atoms with Gasteiger partial charge >= 0.3 is 25.3 Å². The maximum absolute atomic E-state index is 12.4. The van der Waals surface area contributed by atoms with Crippen LogP contribution in [0.3, 0.4) is 0 Å². The minimum absolute atomic E-state index is 0.0264. The number of benzene rings is 1. The molecule has 0 spiro atoms. The van der Waals surface area contributed by atoms with E-state index in [1.165, 1.54) is 18.3 Å². The topological polar surface area (TPSA) is 260 Å². The number of nitrogens with zero attached hydrogens (tertiary/aromatic N) is 3. The molecule has 3 aromatic rings. The van der Waals surface area contributed by atoms with Gasteiger partial charge in [0.25, 0.3) is 5.91 Å². The number of hydrogen-bond acceptors (Lipinski definition) is 11. The van der Waals surface area contributed by atoms with Crippen LogP contribution in [0.25, 0.3) is 11.2 Å². The van der Waals surface area contributed by atoms with Gasteiger partial charge in [-0.2, -0.15) is 4.98 Å². The normalized spacial score (nSPS) is 12.1. The first-order chi connectivity index (χ1) is 16.9. The summed E-state index contributed by atoms with van der Waals surface area (Å²) in [5.41, 5.74) is 6.20. The molecule has 0 saturated heterocycles. The van der Waals surface area contributed by atoms with Crippen molar-refractivity contribution >= 4 is 48.5 Å². The van der Waals surface area contributed by atoms with Gasteiger partial charge in [-0.15, -0.1) is 0 Å². The number of nitrogens with one attached hydrogen (secondary N) is 3. The predicted octanol–water partition coefficient (Wildman–Crippen LogP) is -0.493. The van der Waals surface area contributed by atoms with E-state index in [1.807, 2.05) is 0 Å². The average Bonchev–Trinajstić information content (AvgIpc) is 2.79. The molecule has 2 aromatic heterocycles. The molecule has 0 unspecified atom stereocenters. The predicted molar refractivity (Wildman–Crippen MR) is 122 cm³/mol. The molecule has 1 aromatic carbocycles. The summed E-state index contributed by atoms with van der Waals surface area (Å²) < 4.78 is 14.5. The fraction of sp³-hybridized carbons (Fsp3) is 0.211. The number of nitrogen functional groups attached to an aromatic ring is 1. The van der Waals surface area contributed by atoms with Crippen molar-refractivity contribution in [2.24, 2.45) is 0 Å². The van der Waals surface area contributed by atoms with Gasteiger partial charge < -0.3 is 31.0 Å². The molecule has 0 bridgehead atoms. The highest BCUT2D eigenvalue weighted by Crippen LogP contribution is 2.36. The molecule has 0 saturated carbocycles. The van der Waals surface area contributed by atoms with E-state index in [2.05, 4.69) is 35.1 Å². The lowest BCUT2D eigenvalue weighted by Crippen LogP contribution is -2.41. The quantitative estimate of drug-likeness (QED) is 0.166. The average molecular weight is 521 g/mol. The minimum Gasteiger partial charge on any atom is -0.480 e. The second-order valence-electron chi connectivity index (χ2n) is 7.27. The lowest BCUT2D eigenvalue weighted by atomic mass is 10.1. The fourth-order valence-electron chi connectivity index (χ4n) is 2.93. The van der Waals surface area contributed by atoms with Gasteiger partial charge in [0.05, 0.1) is 18.4 Å². The number of carbonyl (C=O) groups is 3. The van der Waals surface area contributed by atoms with Gasteiger partial charge in [-0.05, 0) is 30.7 Å². The number of rotatable bonds is 10. The number of nitrogens with two attached hydrogens (primary N) is 1. The summed E-state index contributed by atoms with van der Waals surface area (Å²) in [6, 6.07) is 4.43. The van der Waals surface area contributed by atoms with Crippen LogP contribution in [0.15, 0.2) is 35.3 Å². The van der Waals surface area contributed by atoms with Crippen molar-refractivity contribution in [3.05, 3.63) is 52.1 Å². The number of carbonyl (C=O) groups excluding carboxylic acids is 2. The lowest BCUT2D eigenvalue weighted by Gasteiger charge is -2.14. The van der Waals surface area contributed by atoms with Crippen LogP contribution in [0.5, 0.6) is 0 Å². The summed E-state index contributed by atoms with van der Waals surface area (Å²) >= 11 is 0. The number of phosphoric ester groups is 1. The number of hydrogen-bond donors (Lipinski definition) is 7. The van der Waals surface area contributed by atoms with E-state index < -0.39 is 50.1 Å². The van der Waals surface area contributed by atoms with Crippen LogP contribution >= 0.6 is 7.82 Å². The van der Waals surface area contributed by atoms with E-state index in [-0.39, 0.29) is 29.2 Å². The molecule has 0 aliphatic heterocycles. The Labute approximate surface area is 201 Å². The zero-order chi connectivity index (χ0) is 26.5. The highest BCUT2D eigenvalue weighted by atomic mass is 31.2. The van der Waals surface area contributed by atoms with Crippen molar-refractivity contribution in [2.75, 3.05) is 11.1 Å². The summed E-state index contributed by atoms with van der Waals surface area (Å²) in [5, 5.41) is 14.5. The third-order valence-corrected chi connectivity index (χ3v) is 5.02. The molecule has 8 N–H and O–H groups in total. The Morgan fingerprint density at radius 3 is 2.50 bits per heavy atom. The van der Waals surface area contributed by atoms with Crippen molar-refractivity contribution in [3.8, 4) is 0 Å². The Balaban J connectivity index is 1.58. The van der Waals surface area contributed by atoms with Crippen LogP contribution in [0.4, 0.5) is 11.6 Å². The van der Waals surface area contributed by atoms with E-state index >= 15 is 0 Å². The minimum atomic E-state index is -5.05. The summed E-state index contributed by atoms with van der Waals surface area (Å²) in [6.45, 7) is 0.185. The number of carboxylic acids is 1. The highest BCUT2D eigenvalue weighted by Gasteiger charge is 2.25. The molecule has 0 fully saturated rings. The fourth-order valence-corrected chi connectivity index (χ4v) is 3.29. The van der Waals surface area contributed by atoms with Crippen molar-refractivity contribution in [2.45, 2.75) is 25.4 Å². The Morgan fingerprint density at radius 2 is 1.86 bits per heavy atom. The molecular formula is C19H20N7O9P. The molecular weight excluding hydrogens is 501 g/mol. The first-order valence-electron chi connectivity index (χ1n) is 10.1. The number of fused-ring (bicyclic) bond motifs is 1. The number of amides is 1. The molecule has 0 aliphatic rings. The maximum Gasteiger partial charge on any atom is 0.526 e. The Kier molecular flexibility index (Phi) is 7.93. The second-order valence-corrected chi connectivity index (χ2v) is 8.44. The van der Waals surface area contributed by atoms with Crippen LogP contribution in [0.1, 0.15) is 28.9 Å². The summed E-state index contributed by atoms with van der Waals surface area (Å²) in [6.07, 6.45) is 0.351. The summed E-state index contributed by atoms with van der Waals surface area (Å²) in [5.74, 6) is -3.57. The number of anilines is 2. The Morgan fingerprint density at radius 1 is 1.17 bits per heavy atom. The van der Waals surface area contributed by atoms with Crippen molar-refractivity contribution in [3.63, 3.8) is 0 Å². The number of H-pyrrole nitrogens is 1. The van der Waals surface area contributed by atoms with E-state index in [0.29, 0.717) is 11.4 Å². The van der Waals surface area contributed by atoms with Gasteiger partial charge in [0, 0.05) is 17.7 Å². The molecule has 16 nitrogen and oxygen atoms in total. The van der Waals surface area contributed by atoms with Gasteiger partial charge in [0.2, 0.25) is 5.95 Å². The first-order valence-corrected chi connectivity index (χ1v) is 11.6. The third-order valence-electron chi connectivity index (χ3n) is 4.58. The van der Waals surface area contributed by atoms with Gasteiger partial charge in [-0.1, -0.05) is 0 Å². The largest absolute Gasteiger partial charge is 0.526 e. The van der Waals surface area contributed by atoms with Crippen LogP contribution in [-0.2, 0) is 25.2 Å². The van der Waals surface area contributed by atoms with Crippen molar-refractivity contribution in [1.29, 1.82) is 0 Å². The molecule has 190 valence electrons. The molecule has 0 radical (unpaired) electrons.